The Kier molecular flexibility index (Phi) is 8.55. The summed E-state index contributed by atoms with van der Waals surface area (Å²) in [6, 6.07) is 6.05. The van der Waals surface area contributed by atoms with Crippen molar-refractivity contribution in [1.29, 1.82) is 0 Å². The largest absolute Gasteiger partial charge is 0.354 e. The summed E-state index contributed by atoms with van der Waals surface area (Å²) in [6.45, 7) is 5.71. The lowest BCUT2D eigenvalue weighted by Gasteiger charge is -2.35. The molecule has 1 saturated carbocycles. The van der Waals surface area contributed by atoms with Crippen LogP contribution in [0.4, 0.5) is 5.82 Å². The lowest BCUT2D eigenvalue weighted by molar-refractivity contribution is 0.252. The zero-order valence-electron chi connectivity index (χ0n) is 17.1. The molecule has 2 aliphatic rings. The first-order valence-electron chi connectivity index (χ1n) is 11.0. The van der Waals surface area contributed by atoms with Crippen molar-refractivity contribution in [2.45, 2.75) is 51.4 Å². The van der Waals surface area contributed by atoms with E-state index < -0.39 is 10.0 Å². The summed E-state index contributed by atoms with van der Waals surface area (Å²) in [5.41, 5.74) is 0. The summed E-state index contributed by atoms with van der Waals surface area (Å²) in [4.78, 5) is 9.22. The standard InChI is InChI=1S/C21H36N4O2S/c26-28(27,19-11-20-8-2-1-3-9-20)23-13-6-7-14-24-15-17-25(18-16-24)21-10-4-5-12-22-21/h4-5,10,12,20,23H,1-3,6-9,11,13-19H2. The predicted molar refractivity (Wildman–Crippen MR) is 115 cm³/mol. The van der Waals surface area contributed by atoms with E-state index in [1.807, 2.05) is 18.3 Å². The van der Waals surface area contributed by atoms with E-state index in [0.29, 0.717) is 18.2 Å². The maximum Gasteiger partial charge on any atom is 0.211 e. The first kappa shape index (κ1) is 21.5. The summed E-state index contributed by atoms with van der Waals surface area (Å²) in [5.74, 6) is 1.98. The minimum absolute atomic E-state index is 0.299. The van der Waals surface area contributed by atoms with E-state index in [9.17, 15) is 8.42 Å². The highest BCUT2D eigenvalue weighted by atomic mass is 32.2. The summed E-state index contributed by atoms with van der Waals surface area (Å²) >= 11 is 0. The zero-order valence-corrected chi connectivity index (χ0v) is 17.9. The molecule has 0 spiro atoms. The highest BCUT2D eigenvalue weighted by Gasteiger charge is 2.19. The molecule has 158 valence electrons. The van der Waals surface area contributed by atoms with Crippen molar-refractivity contribution in [3.05, 3.63) is 24.4 Å². The Labute approximate surface area is 170 Å². The first-order valence-corrected chi connectivity index (χ1v) is 12.6. The molecule has 1 aromatic rings. The van der Waals surface area contributed by atoms with Crippen molar-refractivity contribution in [1.82, 2.24) is 14.6 Å². The van der Waals surface area contributed by atoms with Crippen molar-refractivity contribution < 1.29 is 8.42 Å². The van der Waals surface area contributed by atoms with Gasteiger partial charge in [-0.05, 0) is 43.9 Å². The lowest BCUT2D eigenvalue weighted by Crippen LogP contribution is -2.47. The van der Waals surface area contributed by atoms with Crippen LogP contribution in [0.5, 0.6) is 0 Å². The van der Waals surface area contributed by atoms with Crippen LogP contribution in [-0.4, -0.2) is 63.3 Å². The van der Waals surface area contributed by atoms with E-state index in [2.05, 4.69) is 25.6 Å². The van der Waals surface area contributed by atoms with Gasteiger partial charge in [0, 0.05) is 38.9 Å². The SMILES string of the molecule is O=S(=O)(CCC1CCCCC1)NCCCCN1CCN(c2ccccn2)CC1. The Morgan fingerprint density at radius 1 is 1.04 bits per heavy atom. The molecule has 6 nitrogen and oxygen atoms in total. The first-order chi connectivity index (χ1) is 13.6. The van der Waals surface area contributed by atoms with Gasteiger partial charge in [-0.2, -0.15) is 0 Å². The third kappa shape index (κ3) is 7.33. The van der Waals surface area contributed by atoms with E-state index in [1.165, 1.54) is 32.1 Å². The number of pyridine rings is 1. The van der Waals surface area contributed by atoms with Crippen LogP contribution in [0.25, 0.3) is 0 Å². The van der Waals surface area contributed by atoms with Crippen LogP contribution in [-0.2, 0) is 10.0 Å². The number of rotatable bonds is 10. The zero-order chi connectivity index (χ0) is 19.7. The Balaban J connectivity index is 1.24. The topological polar surface area (TPSA) is 65.5 Å². The van der Waals surface area contributed by atoms with Crippen LogP contribution in [0, 0.1) is 5.92 Å². The fraction of sp³-hybridized carbons (Fsp3) is 0.762. The number of nitrogens with zero attached hydrogens (tertiary/aromatic N) is 3. The third-order valence-corrected chi connectivity index (χ3v) is 7.51. The monoisotopic (exact) mass is 408 g/mol. The minimum Gasteiger partial charge on any atom is -0.354 e. The summed E-state index contributed by atoms with van der Waals surface area (Å²) in [6.07, 6.45) is 10.9. The molecule has 3 rings (SSSR count). The second-order valence-electron chi connectivity index (χ2n) is 8.23. The molecule has 0 bridgehead atoms. The van der Waals surface area contributed by atoms with Crippen LogP contribution < -0.4 is 9.62 Å². The van der Waals surface area contributed by atoms with Crippen LogP contribution in [0.3, 0.4) is 0 Å². The van der Waals surface area contributed by atoms with Crippen LogP contribution in [0.15, 0.2) is 24.4 Å². The van der Waals surface area contributed by atoms with Crippen molar-refractivity contribution in [2.75, 3.05) is 49.9 Å². The molecular formula is C21H36N4O2S. The molecule has 0 atom stereocenters. The number of piperazine rings is 1. The second-order valence-corrected chi connectivity index (χ2v) is 10.2. The van der Waals surface area contributed by atoms with Crippen LogP contribution >= 0.6 is 0 Å². The molecular weight excluding hydrogens is 372 g/mol. The number of anilines is 1. The number of unbranched alkanes of at least 4 members (excludes halogenated alkanes) is 1. The summed E-state index contributed by atoms with van der Waals surface area (Å²) < 4.78 is 27.2. The van der Waals surface area contributed by atoms with E-state index in [-0.39, 0.29) is 0 Å². The quantitative estimate of drug-likeness (QED) is 0.603. The highest BCUT2D eigenvalue weighted by molar-refractivity contribution is 7.89. The Morgan fingerprint density at radius 3 is 2.54 bits per heavy atom. The van der Waals surface area contributed by atoms with Gasteiger partial charge in [0.2, 0.25) is 10.0 Å². The van der Waals surface area contributed by atoms with Gasteiger partial charge in [0.25, 0.3) is 0 Å². The van der Waals surface area contributed by atoms with Gasteiger partial charge in [-0.1, -0.05) is 38.2 Å². The number of hydrogen-bond donors (Lipinski definition) is 1. The van der Waals surface area contributed by atoms with Crippen molar-refractivity contribution in [2.24, 2.45) is 5.92 Å². The van der Waals surface area contributed by atoms with Gasteiger partial charge in [0.15, 0.2) is 0 Å². The predicted octanol–water partition coefficient (Wildman–Crippen LogP) is 2.87. The number of sulfonamides is 1. The van der Waals surface area contributed by atoms with Gasteiger partial charge >= 0.3 is 0 Å². The molecule has 1 aliphatic carbocycles. The fourth-order valence-corrected chi connectivity index (χ4v) is 5.54. The number of nitrogens with one attached hydrogen (secondary N) is 1. The molecule has 1 N–H and O–H groups in total. The van der Waals surface area contributed by atoms with Crippen molar-refractivity contribution >= 4 is 15.8 Å². The molecule has 0 radical (unpaired) electrons. The maximum absolute atomic E-state index is 12.2. The smallest absolute Gasteiger partial charge is 0.211 e. The molecule has 28 heavy (non-hydrogen) atoms. The number of aromatic nitrogens is 1. The Hall–Kier alpha value is -1.18. The van der Waals surface area contributed by atoms with Gasteiger partial charge in [-0.15, -0.1) is 0 Å². The van der Waals surface area contributed by atoms with Gasteiger partial charge in [-0.3, -0.25) is 4.90 Å². The van der Waals surface area contributed by atoms with E-state index in [0.717, 1.165) is 57.8 Å². The van der Waals surface area contributed by atoms with Crippen molar-refractivity contribution in [3.63, 3.8) is 0 Å². The van der Waals surface area contributed by atoms with Gasteiger partial charge < -0.3 is 4.90 Å². The van der Waals surface area contributed by atoms with Crippen LogP contribution in [0.2, 0.25) is 0 Å². The number of hydrogen-bond acceptors (Lipinski definition) is 5. The lowest BCUT2D eigenvalue weighted by atomic mass is 9.88. The molecule has 1 aromatic heterocycles. The van der Waals surface area contributed by atoms with E-state index in [4.69, 9.17) is 0 Å². The van der Waals surface area contributed by atoms with E-state index >= 15 is 0 Å². The van der Waals surface area contributed by atoms with Gasteiger partial charge in [0.05, 0.1) is 5.75 Å². The molecule has 0 amide bonds. The molecule has 1 saturated heterocycles. The molecule has 1 aliphatic heterocycles. The third-order valence-electron chi connectivity index (χ3n) is 6.09. The molecule has 0 unspecified atom stereocenters. The minimum atomic E-state index is -3.10. The summed E-state index contributed by atoms with van der Waals surface area (Å²) in [5, 5.41) is 0. The van der Waals surface area contributed by atoms with Crippen molar-refractivity contribution in [3.8, 4) is 0 Å². The Morgan fingerprint density at radius 2 is 1.82 bits per heavy atom. The fourth-order valence-electron chi connectivity index (χ4n) is 4.30. The van der Waals surface area contributed by atoms with E-state index in [1.54, 1.807) is 0 Å². The average molecular weight is 409 g/mol. The summed E-state index contributed by atoms with van der Waals surface area (Å²) in [7, 11) is -3.10. The average Bonchev–Trinajstić information content (AvgIpc) is 2.74. The molecule has 0 aromatic carbocycles. The van der Waals surface area contributed by atoms with Gasteiger partial charge in [0.1, 0.15) is 5.82 Å². The second kappa shape index (κ2) is 11.1. The normalized spacial score (nSPS) is 19.8. The van der Waals surface area contributed by atoms with Crippen LogP contribution in [0.1, 0.15) is 51.4 Å². The highest BCUT2D eigenvalue weighted by Crippen LogP contribution is 2.26. The molecule has 2 fully saturated rings. The maximum atomic E-state index is 12.2. The molecule has 2 heterocycles. The van der Waals surface area contributed by atoms with Gasteiger partial charge in [-0.25, -0.2) is 18.1 Å². The Bertz CT molecular complexity index is 654. The molecule has 7 heteroatoms.